The summed E-state index contributed by atoms with van der Waals surface area (Å²) in [6.45, 7) is 5.14. The van der Waals surface area contributed by atoms with E-state index in [1.54, 1.807) is 20.8 Å². The van der Waals surface area contributed by atoms with Crippen molar-refractivity contribution in [2.75, 3.05) is 5.32 Å². The summed E-state index contributed by atoms with van der Waals surface area (Å²) in [5.74, 6) is -3.17. The van der Waals surface area contributed by atoms with Gasteiger partial charge in [0, 0.05) is 23.0 Å². The molecule has 1 N–H and O–H groups in total. The van der Waals surface area contributed by atoms with Gasteiger partial charge in [0.25, 0.3) is 0 Å². The smallest absolute Gasteiger partial charge is 0.228 e. The Morgan fingerprint density at radius 1 is 1.09 bits per heavy atom. The van der Waals surface area contributed by atoms with Gasteiger partial charge in [-0.15, -0.1) is 0 Å². The third-order valence-electron chi connectivity index (χ3n) is 5.38. The zero-order valence-electron chi connectivity index (χ0n) is 13.3. The minimum Gasteiger partial charge on any atom is -0.550 e. The third-order valence-corrected chi connectivity index (χ3v) is 5.38. The first kappa shape index (κ1) is 17.0. The molecule has 0 unspecified atom stereocenters. The molecule has 1 fully saturated rings. The van der Waals surface area contributed by atoms with Gasteiger partial charge >= 0.3 is 0 Å². The minimum atomic E-state index is -1.29. The molecule has 0 aliphatic heterocycles. The summed E-state index contributed by atoms with van der Waals surface area (Å²) in [5.41, 5.74) is -1.33. The summed E-state index contributed by atoms with van der Waals surface area (Å²) in [6.07, 6.45) is 0.838. The van der Waals surface area contributed by atoms with Crippen LogP contribution in [0.15, 0.2) is 24.3 Å². The van der Waals surface area contributed by atoms with Crippen LogP contribution in [-0.2, 0) is 9.59 Å². The fourth-order valence-electron chi connectivity index (χ4n) is 3.24. The highest BCUT2D eigenvalue weighted by atomic mass is 16.4. The minimum absolute atomic E-state index is 0.0220. The number of carbonyl (C=O) groups is 3. The van der Waals surface area contributed by atoms with E-state index in [9.17, 15) is 24.6 Å². The number of carboxylic acid groups (broad SMARTS) is 2. The molecule has 1 aromatic carbocycles. The molecule has 0 saturated heterocycles. The zero-order chi connectivity index (χ0) is 17.4. The van der Waals surface area contributed by atoms with Crippen molar-refractivity contribution in [3.8, 4) is 0 Å². The van der Waals surface area contributed by atoms with Crippen molar-refractivity contribution in [3.63, 3.8) is 0 Å². The van der Waals surface area contributed by atoms with Crippen LogP contribution in [0, 0.1) is 16.7 Å². The van der Waals surface area contributed by atoms with Crippen LogP contribution in [0.25, 0.3) is 0 Å². The van der Waals surface area contributed by atoms with Crippen LogP contribution in [0.4, 0.5) is 5.69 Å². The molecular weight excluding hydrogens is 298 g/mol. The summed E-state index contributed by atoms with van der Waals surface area (Å²) < 4.78 is 0. The second-order valence-electron chi connectivity index (χ2n) is 6.79. The van der Waals surface area contributed by atoms with Crippen LogP contribution < -0.4 is 15.5 Å². The van der Waals surface area contributed by atoms with Crippen molar-refractivity contribution < 1.29 is 24.6 Å². The second kappa shape index (κ2) is 5.68. The van der Waals surface area contributed by atoms with E-state index in [0.29, 0.717) is 18.5 Å². The SMILES string of the molecule is CC1(C)[C@H](C(=O)Nc2ccc(C(=O)[O-])cc2)CC[C@@]1(C)C(=O)[O-]. The number of aliphatic carboxylic acids is 1. The highest BCUT2D eigenvalue weighted by Crippen LogP contribution is 2.55. The van der Waals surface area contributed by atoms with E-state index < -0.39 is 28.7 Å². The molecule has 1 amide bonds. The fraction of sp³-hybridized carbons (Fsp3) is 0.471. The van der Waals surface area contributed by atoms with Crippen molar-refractivity contribution >= 4 is 23.5 Å². The molecule has 2 rings (SSSR count). The Labute approximate surface area is 134 Å². The first-order valence-electron chi connectivity index (χ1n) is 7.43. The van der Waals surface area contributed by atoms with Gasteiger partial charge in [0.15, 0.2) is 0 Å². The molecule has 1 aliphatic rings. The maximum absolute atomic E-state index is 12.5. The monoisotopic (exact) mass is 317 g/mol. The van der Waals surface area contributed by atoms with E-state index in [2.05, 4.69) is 5.32 Å². The van der Waals surface area contributed by atoms with Crippen molar-refractivity contribution in [2.24, 2.45) is 16.7 Å². The zero-order valence-corrected chi connectivity index (χ0v) is 13.3. The van der Waals surface area contributed by atoms with Gasteiger partial charge in [-0.25, -0.2) is 0 Å². The maximum atomic E-state index is 12.5. The second-order valence-corrected chi connectivity index (χ2v) is 6.79. The topological polar surface area (TPSA) is 109 Å². The van der Waals surface area contributed by atoms with Gasteiger partial charge in [0.1, 0.15) is 0 Å². The van der Waals surface area contributed by atoms with Crippen molar-refractivity contribution in [1.82, 2.24) is 0 Å². The molecule has 1 aromatic rings. The summed E-state index contributed by atoms with van der Waals surface area (Å²) in [5, 5.41) is 24.9. The summed E-state index contributed by atoms with van der Waals surface area (Å²) >= 11 is 0. The molecule has 0 heterocycles. The van der Waals surface area contributed by atoms with Crippen LogP contribution in [0.1, 0.15) is 44.0 Å². The van der Waals surface area contributed by atoms with Gasteiger partial charge in [-0.3, -0.25) is 4.79 Å². The lowest BCUT2D eigenvalue weighted by Crippen LogP contribution is -2.49. The van der Waals surface area contributed by atoms with Crippen LogP contribution >= 0.6 is 0 Å². The lowest BCUT2D eigenvalue weighted by molar-refractivity contribution is -0.323. The summed E-state index contributed by atoms with van der Waals surface area (Å²) in [7, 11) is 0. The predicted molar refractivity (Wildman–Crippen MR) is 79.0 cm³/mol. The van der Waals surface area contributed by atoms with Crippen molar-refractivity contribution in [2.45, 2.75) is 33.6 Å². The van der Waals surface area contributed by atoms with Crippen LogP contribution in [0.3, 0.4) is 0 Å². The van der Waals surface area contributed by atoms with Crippen LogP contribution in [-0.4, -0.2) is 17.8 Å². The number of benzene rings is 1. The van der Waals surface area contributed by atoms with Gasteiger partial charge in [0.2, 0.25) is 5.91 Å². The third kappa shape index (κ3) is 2.81. The lowest BCUT2D eigenvalue weighted by atomic mass is 9.65. The Bertz CT molecular complexity index is 649. The number of carbonyl (C=O) groups excluding carboxylic acids is 3. The Hall–Kier alpha value is -2.37. The lowest BCUT2D eigenvalue weighted by Gasteiger charge is -2.41. The number of carboxylic acids is 2. The average molecular weight is 317 g/mol. The number of hydrogen-bond donors (Lipinski definition) is 1. The first-order chi connectivity index (χ1) is 10.6. The molecule has 6 nitrogen and oxygen atoms in total. The van der Waals surface area contributed by atoms with Gasteiger partial charge in [0.05, 0.1) is 5.97 Å². The van der Waals surface area contributed by atoms with Gasteiger partial charge in [-0.1, -0.05) is 32.9 Å². The van der Waals surface area contributed by atoms with E-state index >= 15 is 0 Å². The molecule has 124 valence electrons. The van der Waals surface area contributed by atoms with E-state index in [0.717, 1.165) is 0 Å². The fourth-order valence-corrected chi connectivity index (χ4v) is 3.24. The van der Waals surface area contributed by atoms with E-state index in [-0.39, 0.29) is 11.5 Å². The number of amides is 1. The van der Waals surface area contributed by atoms with Crippen LogP contribution in [0.5, 0.6) is 0 Å². The number of nitrogens with one attached hydrogen (secondary N) is 1. The molecule has 0 spiro atoms. The Morgan fingerprint density at radius 2 is 1.65 bits per heavy atom. The first-order valence-corrected chi connectivity index (χ1v) is 7.43. The maximum Gasteiger partial charge on any atom is 0.228 e. The van der Waals surface area contributed by atoms with Crippen molar-refractivity contribution in [1.29, 1.82) is 0 Å². The standard InChI is InChI=1S/C17H21NO5/c1-16(2)12(8-9-17(16,3)15(22)23)13(19)18-11-6-4-10(5-7-11)14(20)21/h4-7,12H,8-9H2,1-3H3,(H,18,19)(H,20,21)(H,22,23)/p-2/t12-,17-/m0/s1. The molecule has 1 saturated carbocycles. The highest BCUT2D eigenvalue weighted by Gasteiger charge is 2.54. The van der Waals surface area contributed by atoms with Gasteiger partial charge in [-0.05, 0) is 36.0 Å². The number of rotatable bonds is 4. The molecule has 0 bridgehead atoms. The normalized spacial score (nSPS) is 25.8. The summed E-state index contributed by atoms with van der Waals surface area (Å²) in [4.78, 5) is 34.7. The molecular formula is C17H19NO5-2. The highest BCUT2D eigenvalue weighted by molar-refractivity contribution is 5.95. The molecule has 0 radical (unpaired) electrons. The Morgan fingerprint density at radius 3 is 2.09 bits per heavy atom. The van der Waals surface area contributed by atoms with Gasteiger partial charge in [-0.2, -0.15) is 0 Å². The van der Waals surface area contributed by atoms with E-state index in [4.69, 9.17) is 0 Å². The van der Waals surface area contributed by atoms with Crippen molar-refractivity contribution in [3.05, 3.63) is 29.8 Å². The predicted octanol–water partition coefficient (Wildman–Crippen LogP) is 0.181. The molecule has 23 heavy (non-hydrogen) atoms. The summed E-state index contributed by atoms with van der Waals surface area (Å²) in [6, 6.07) is 5.64. The quantitative estimate of drug-likeness (QED) is 0.852. The molecule has 6 heteroatoms. The molecule has 0 aromatic heterocycles. The number of anilines is 1. The largest absolute Gasteiger partial charge is 0.550 e. The molecule has 1 aliphatic carbocycles. The van der Waals surface area contributed by atoms with E-state index in [1.807, 2.05) is 0 Å². The van der Waals surface area contributed by atoms with E-state index in [1.165, 1.54) is 24.3 Å². The average Bonchev–Trinajstić information content (AvgIpc) is 2.71. The Kier molecular flexibility index (Phi) is 4.20. The number of hydrogen-bond acceptors (Lipinski definition) is 5. The Balaban J connectivity index is 2.15. The number of aromatic carboxylic acids is 1. The van der Waals surface area contributed by atoms with Gasteiger partial charge < -0.3 is 25.1 Å². The van der Waals surface area contributed by atoms with Crippen LogP contribution in [0.2, 0.25) is 0 Å². The molecule has 2 atom stereocenters.